The summed E-state index contributed by atoms with van der Waals surface area (Å²) in [5, 5.41) is 0.573. The Bertz CT molecular complexity index is 608. The summed E-state index contributed by atoms with van der Waals surface area (Å²) in [6.07, 6.45) is 0. The van der Waals surface area contributed by atoms with Crippen LogP contribution in [0.3, 0.4) is 0 Å². The average molecular weight is 291 g/mol. The highest BCUT2D eigenvalue weighted by Crippen LogP contribution is 2.31. The zero-order chi connectivity index (χ0) is 14.0. The Balaban J connectivity index is 2.49. The fourth-order valence-corrected chi connectivity index (χ4v) is 2.49. The monoisotopic (exact) mass is 290 g/mol. The van der Waals surface area contributed by atoms with Gasteiger partial charge in [-0.25, -0.2) is 0 Å². The van der Waals surface area contributed by atoms with E-state index in [2.05, 4.69) is 31.2 Å². The molecule has 98 valence electrons. The lowest BCUT2D eigenvalue weighted by atomic mass is 10.1. The molecule has 4 heteroatoms. The van der Waals surface area contributed by atoms with E-state index < -0.39 is 0 Å². The molecule has 0 spiro atoms. The van der Waals surface area contributed by atoms with Gasteiger partial charge in [0.25, 0.3) is 0 Å². The Kier molecular flexibility index (Phi) is 4.08. The maximum Gasteiger partial charge on any atom is 0.107 e. The van der Waals surface area contributed by atoms with Crippen molar-refractivity contribution in [1.82, 2.24) is 0 Å². The second kappa shape index (κ2) is 5.59. The van der Waals surface area contributed by atoms with Gasteiger partial charge in [-0.1, -0.05) is 47.6 Å². The van der Waals surface area contributed by atoms with Crippen molar-refractivity contribution in [3.05, 3.63) is 58.6 Å². The van der Waals surface area contributed by atoms with Crippen molar-refractivity contribution in [2.75, 3.05) is 11.9 Å². The molecule has 0 aliphatic rings. The van der Waals surface area contributed by atoms with Gasteiger partial charge in [0.1, 0.15) is 4.99 Å². The van der Waals surface area contributed by atoms with Crippen LogP contribution in [0.5, 0.6) is 0 Å². The van der Waals surface area contributed by atoms with Gasteiger partial charge in [0, 0.05) is 12.7 Å². The molecule has 0 unspecified atom stereocenters. The third-order valence-corrected chi connectivity index (χ3v) is 3.54. The second-order valence-electron chi connectivity index (χ2n) is 4.39. The molecule has 0 heterocycles. The fourth-order valence-electron chi connectivity index (χ4n) is 1.94. The van der Waals surface area contributed by atoms with Gasteiger partial charge in [-0.15, -0.1) is 0 Å². The van der Waals surface area contributed by atoms with Crippen LogP contribution in [0.15, 0.2) is 42.5 Å². The van der Waals surface area contributed by atoms with E-state index in [-0.39, 0.29) is 0 Å². The van der Waals surface area contributed by atoms with E-state index in [9.17, 15) is 0 Å². The summed E-state index contributed by atoms with van der Waals surface area (Å²) >= 11 is 11.3. The minimum Gasteiger partial charge on any atom is -0.389 e. The number of nitrogens with zero attached hydrogens (tertiary/aromatic N) is 1. The Morgan fingerprint density at radius 2 is 1.79 bits per heavy atom. The highest BCUT2D eigenvalue weighted by molar-refractivity contribution is 7.80. The van der Waals surface area contributed by atoms with Crippen LogP contribution in [0, 0.1) is 6.92 Å². The molecule has 0 atom stereocenters. The topological polar surface area (TPSA) is 29.3 Å². The van der Waals surface area contributed by atoms with E-state index in [0.29, 0.717) is 15.6 Å². The van der Waals surface area contributed by atoms with E-state index in [1.807, 2.05) is 24.1 Å². The van der Waals surface area contributed by atoms with Crippen molar-refractivity contribution in [2.45, 2.75) is 6.92 Å². The van der Waals surface area contributed by atoms with Crippen LogP contribution in [0.4, 0.5) is 11.4 Å². The summed E-state index contributed by atoms with van der Waals surface area (Å²) in [6, 6.07) is 13.9. The zero-order valence-electron chi connectivity index (χ0n) is 10.9. The fraction of sp³-hybridized carbons (Fsp3) is 0.133. The van der Waals surface area contributed by atoms with Gasteiger partial charge in [0.2, 0.25) is 0 Å². The van der Waals surface area contributed by atoms with Crippen LogP contribution in [0.1, 0.15) is 11.1 Å². The quantitative estimate of drug-likeness (QED) is 0.865. The molecule has 2 aromatic carbocycles. The molecular weight excluding hydrogens is 276 g/mol. The molecule has 0 aliphatic carbocycles. The van der Waals surface area contributed by atoms with Crippen molar-refractivity contribution < 1.29 is 0 Å². The van der Waals surface area contributed by atoms with E-state index >= 15 is 0 Å². The average Bonchev–Trinajstić information content (AvgIpc) is 2.38. The minimum atomic E-state index is 0.305. The molecular formula is C15H15ClN2S. The minimum absolute atomic E-state index is 0.305. The third-order valence-electron chi connectivity index (χ3n) is 3.02. The van der Waals surface area contributed by atoms with E-state index in [0.717, 1.165) is 11.4 Å². The van der Waals surface area contributed by atoms with Gasteiger partial charge in [-0.05, 0) is 31.2 Å². The molecule has 2 nitrogen and oxygen atoms in total. The smallest absolute Gasteiger partial charge is 0.107 e. The number of anilines is 2. The molecule has 0 radical (unpaired) electrons. The first-order valence-electron chi connectivity index (χ1n) is 5.89. The number of aryl methyl sites for hydroxylation is 1. The van der Waals surface area contributed by atoms with Crippen LogP contribution in [0.25, 0.3) is 0 Å². The maximum atomic E-state index is 6.19. The molecule has 2 rings (SSSR count). The van der Waals surface area contributed by atoms with Crippen molar-refractivity contribution >= 4 is 40.2 Å². The molecule has 2 N–H and O–H groups in total. The van der Waals surface area contributed by atoms with Gasteiger partial charge >= 0.3 is 0 Å². The Labute approximate surface area is 123 Å². The van der Waals surface area contributed by atoms with Crippen LogP contribution < -0.4 is 10.6 Å². The third kappa shape index (κ3) is 2.88. The van der Waals surface area contributed by atoms with Crippen molar-refractivity contribution in [3.8, 4) is 0 Å². The summed E-state index contributed by atoms with van der Waals surface area (Å²) < 4.78 is 0. The predicted molar refractivity (Wildman–Crippen MR) is 86.6 cm³/mol. The summed E-state index contributed by atoms with van der Waals surface area (Å²) in [5.41, 5.74) is 9.67. The number of hydrogen-bond donors (Lipinski definition) is 1. The lowest BCUT2D eigenvalue weighted by Crippen LogP contribution is -2.18. The van der Waals surface area contributed by atoms with Gasteiger partial charge in [0.05, 0.1) is 16.3 Å². The van der Waals surface area contributed by atoms with E-state index in [1.54, 1.807) is 6.07 Å². The SMILES string of the molecule is Cc1ccc(N(C)c2cccc(Cl)c2C(N)=S)cc1. The highest BCUT2D eigenvalue weighted by Gasteiger charge is 2.14. The van der Waals surface area contributed by atoms with Gasteiger partial charge in [0.15, 0.2) is 0 Å². The van der Waals surface area contributed by atoms with Crippen molar-refractivity contribution in [3.63, 3.8) is 0 Å². The lowest BCUT2D eigenvalue weighted by molar-refractivity contribution is 1.20. The Morgan fingerprint density at radius 3 is 2.37 bits per heavy atom. The maximum absolute atomic E-state index is 6.19. The molecule has 0 saturated carbocycles. The van der Waals surface area contributed by atoms with E-state index in [4.69, 9.17) is 29.6 Å². The first-order chi connectivity index (χ1) is 9.00. The van der Waals surface area contributed by atoms with E-state index in [1.165, 1.54) is 5.56 Å². The van der Waals surface area contributed by atoms with Crippen molar-refractivity contribution in [2.24, 2.45) is 5.73 Å². The molecule has 0 aromatic heterocycles. The van der Waals surface area contributed by atoms with Crippen LogP contribution in [0.2, 0.25) is 5.02 Å². The van der Waals surface area contributed by atoms with Crippen LogP contribution in [-0.4, -0.2) is 12.0 Å². The zero-order valence-corrected chi connectivity index (χ0v) is 12.4. The van der Waals surface area contributed by atoms with Crippen LogP contribution >= 0.6 is 23.8 Å². The molecule has 0 fully saturated rings. The second-order valence-corrected chi connectivity index (χ2v) is 5.24. The number of hydrogen-bond acceptors (Lipinski definition) is 2. The molecule has 0 bridgehead atoms. The van der Waals surface area contributed by atoms with Crippen LogP contribution in [-0.2, 0) is 0 Å². The van der Waals surface area contributed by atoms with Crippen molar-refractivity contribution in [1.29, 1.82) is 0 Å². The largest absolute Gasteiger partial charge is 0.389 e. The first-order valence-corrected chi connectivity index (χ1v) is 6.68. The Hall–Kier alpha value is -1.58. The highest BCUT2D eigenvalue weighted by atomic mass is 35.5. The molecule has 0 aliphatic heterocycles. The summed E-state index contributed by atoms with van der Waals surface area (Å²) in [7, 11) is 1.97. The molecule has 19 heavy (non-hydrogen) atoms. The number of benzene rings is 2. The number of halogens is 1. The van der Waals surface area contributed by atoms with Gasteiger partial charge in [-0.2, -0.15) is 0 Å². The lowest BCUT2D eigenvalue weighted by Gasteiger charge is -2.23. The predicted octanol–water partition coefficient (Wildman–Crippen LogP) is 4.05. The summed E-state index contributed by atoms with van der Waals surface area (Å²) in [4.78, 5) is 2.33. The van der Waals surface area contributed by atoms with Gasteiger partial charge < -0.3 is 10.6 Å². The number of thiocarbonyl (C=S) groups is 1. The number of rotatable bonds is 3. The standard InChI is InChI=1S/C15H15ClN2S/c1-10-6-8-11(9-7-10)18(2)13-5-3-4-12(16)14(13)15(17)19/h3-9H,1-2H3,(H2,17,19). The molecule has 2 aromatic rings. The Morgan fingerprint density at radius 1 is 1.16 bits per heavy atom. The summed E-state index contributed by atoms with van der Waals surface area (Å²) in [5.74, 6) is 0. The molecule has 0 saturated heterocycles. The normalized spacial score (nSPS) is 10.3. The molecule has 0 amide bonds. The first kappa shape index (κ1) is 13.8. The summed E-state index contributed by atoms with van der Waals surface area (Å²) in [6.45, 7) is 2.06. The number of nitrogens with two attached hydrogens (primary N) is 1. The van der Waals surface area contributed by atoms with Gasteiger partial charge in [-0.3, -0.25) is 0 Å².